The van der Waals surface area contributed by atoms with Gasteiger partial charge in [-0.15, -0.1) is 0 Å². The van der Waals surface area contributed by atoms with Gasteiger partial charge in [-0.1, -0.05) is 18.2 Å². The van der Waals surface area contributed by atoms with Gasteiger partial charge in [0.25, 0.3) is 0 Å². The number of para-hydroxylation sites is 1. The van der Waals surface area contributed by atoms with E-state index in [2.05, 4.69) is 0 Å². The Morgan fingerprint density at radius 1 is 1.00 bits per heavy atom. The molecule has 100 valence electrons. The van der Waals surface area contributed by atoms with E-state index in [0.717, 1.165) is 5.75 Å². The SMILES string of the molecule is Nc1ccc(F)cc1COCCOc1ccccc1. The molecule has 19 heavy (non-hydrogen) atoms. The van der Waals surface area contributed by atoms with E-state index in [-0.39, 0.29) is 12.4 Å². The zero-order chi connectivity index (χ0) is 13.5. The first-order chi connectivity index (χ1) is 9.25. The minimum absolute atomic E-state index is 0.280. The van der Waals surface area contributed by atoms with Gasteiger partial charge in [0.1, 0.15) is 18.2 Å². The van der Waals surface area contributed by atoms with Crippen LogP contribution in [-0.2, 0) is 11.3 Å². The molecule has 3 nitrogen and oxygen atoms in total. The second kappa shape index (κ2) is 6.75. The Hall–Kier alpha value is -2.07. The van der Waals surface area contributed by atoms with E-state index in [4.69, 9.17) is 15.2 Å². The first-order valence-corrected chi connectivity index (χ1v) is 6.05. The number of rotatable bonds is 6. The molecule has 0 heterocycles. The van der Waals surface area contributed by atoms with Crippen LogP contribution in [0.15, 0.2) is 48.5 Å². The topological polar surface area (TPSA) is 44.5 Å². The highest BCUT2D eigenvalue weighted by Gasteiger charge is 2.01. The van der Waals surface area contributed by atoms with Crippen molar-refractivity contribution in [3.05, 3.63) is 59.9 Å². The fourth-order valence-electron chi connectivity index (χ4n) is 1.62. The van der Waals surface area contributed by atoms with Crippen LogP contribution in [0.25, 0.3) is 0 Å². The zero-order valence-electron chi connectivity index (χ0n) is 10.5. The molecule has 0 fully saturated rings. The number of ether oxygens (including phenoxy) is 2. The van der Waals surface area contributed by atoms with E-state index < -0.39 is 0 Å². The maximum atomic E-state index is 13.0. The fourth-order valence-corrected chi connectivity index (χ4v) is 1.62. The predicted molar refractivity (Wildman–Crippen MR) is 72.4 cm³/mol. The van der Waals surface area contributed by atoms with E-state index in [0.29, 0.717) is 24.5 Å². The van der Waals surface area contributed by atoms with Crippen LogP contribution in [-0.4, -0.2) is 13.2 Å². The van der Waals surface area contributed by atoms with E-state index in [9.17, 15) is 4.39 Å². The summed E-state index contributed by atoms with van der Waals surface area (Å²) in [4.78, 5) is 0. The van der Waals surface area contributed by atoms with Crippen molar-refractivity contribution in [3.8, 4) is 5.75 Å². The lowest BCUT2D eigenvalue weighted by Gasteiger charge is -2.08. The van der Waals surface area contributed by atoms with E-state index >= 15 is 0 Å². The molecule has 0 atom stereocenters. The summed E-state index contributed by atoms with van der Waals surface area (Å²) in [6, 6.07) is 13.7. The van der Waals surface area contributed by atoms with Crippen molar-refractivity contribution in [1.29, 1.82) is 0 Å². The molecular weight excluding hydrogens is 245 g/mol. The summed E-state index contributed by atoms with van der Waals surface area (Å²) in [5, 5.41) is 0. The van der Waals surface area contributed by atoms with E-state index in [1.165, 1.54) is 18.2 Å². The highest BCUT2D eigenvalue weighted by Crippen LogP contribution is 2.14. The first kappa shape index (κ1) is 13.4. The van der Waals surface area contributed by atoms with Crippen molar-refractivity contribution in [2.75, 3.05) is 18.9 Å². The average molecular weight is 261 g/mol. The van der Waals surface area contributed by atoms with Gasteiger partial charge in [0, 0.05) is 11.3 Å². The second-order valence-electron chi connectivity index (χ2n) is 4.06. The molecule has 0 aromatic heterocycles. The molecule has 0 aliphatic heterocycles. The summed E-state index contributed by atoms with van der Waals surface area (Å²) in [5.41, 5.74) is 6.90. The Kier molecular flexibility index (Phi) is 4.75. The monoisotopic (exact) mass is 261 g/mol. The van der Waals surface area contributed by atoms with Gasteiger partial charge in [0.05, 0.1) is 13.2 Å². The summed E-state index contributed by atoms with van der Waals surface area (Å²) in [6.45, 7) is 1.14. The number of anilines is 1. The largest absolute Gasteiger partial charge is 0.491 e. The van der Waals surface area contributed by atoms with Crippen LogP contribution in [0, 0.1) is 5.82 Å². The van der Waals surface area contributed by atoms with Crippen LogP contribution in [0.2, 0.25) is 0 Å². The maximum absolute atomic E-state index is 13.0. The quantitative estimate of drug-likeness (QED) is 0.642. The van der Waals surface area contributed by atoms with Gasteiger partial charge in [0.2, 0.25) is 0 Å². The number of hydrogen-bond donors (Lipinski definition) is 1. The van der Waals surface area contributed by atoms with Crippen molar-refractivity contribution in [1.82, 2.24) is 0 Å². The van der Waals surface area contributed by atoms with Gasteiger partial charge in [-0.25, -0.2) is 4.39 Å². The average Bonchev–Trinajstić information content (AvgIpc) is 2.43. The number of hydrogen-bond acceptors (Lipinski definition) is 3. The highest BCUT2D eigenvalue weighted by atomic mass is 19.1. The normalized spacial score (nSPS) is 10.4. The Labute approximate surface area is 111 Å². The molecule has 0 saturated carbocycles. The minimum atomic E-state index is -0.312. The summed E-state index contributed by atoms with van der Waals surface area (Å²) in [7, 11) is 0. The zero-order valence-corrected chi connectivity index (χ0v) is 10.5. The summed E-state index contributed by atoms with van der Waals surface area (Å²) in [6.07, 6.45) is 0. The molecule has 0 saturated heterocycles. The third kappa shape index (κ3) is 4.26. The molecule has 0 unspecified atom stereocenters. The van der Waals surface area contributed by atoms with Crippen LogP contribution in [0.4, 0.5) is 10.1 Å². The van der Waals surface area contributed by atoms with Crippen molar-refractivity contribution in [2.24, 2.45) is 0 Å². The Morgan fingerprint density at radius 2 is 1.79 bits per heavy atom. The van der Waals surface area contributed by atoms with Crippen LogP contribution >= 0.6 is 0 Å². The first-order valence-electron chi connectivity index (χ1n) is 6.05. The van der Waals surface area contributed by atoms with Crippen LogP contribution in [0.1, 0.15) is 5.56 Å². The molecule has 2 aromatic rings. The molecule has 0 spiro atoms. The van der Waals surface area contributed by atoms with Crippen LogP contribution in [0.3, 0.4) is 0 Å². The van der Waals surface area contributed by atoms with Crippen LogP contribution in [0.5, 0.6) is 5.75 Å². The molecule has 2 N–H and O–H groups in total. The Balaban J connectivity index is 1.71. The molecule has 0 aliphatic carbocycles. The van der Waals surface area contributed by atoms with E-state index in [1.54, 1.807) is 0 Å². The molecule has 2 rings (SSSR count). The maximum Gasteiger partial charge on any atom is 0.123 e. The molecule has 0 radical (unpaired) electrons. The lowest BCUT2D eigenvalue weighted by atomic mass is 10.2. The van der Waals surface area contributed by atoms with E-state index in [1.807, 2.05) is 30.3 Å². The summed E-state index contributed by atoms with van der Waals surface area (Å²) >= 11 is 0. The number of nitrogens with two attached hydrogens (primary N) is 1. The minimum Gasteiger partial charge on any atom is -0.491 e. The molecule has 0 aliphatic rings. The third-order valence-electron chi connectivity index (χ3n) is 2.60. The lowest BCUT2D eigenvalue weighted by molar-refractivity contribution is 0.0891. The highest BCUT2D eigenvalue weighted by molar-refractivity contribution is 5.46. The molecular formula is C15H16FNO2. The number of nitrogen functional groups attached to an aromatic ring is 1. The number of halogens is 1. The van der Waals surface area contributed by atoms with Gasteiger partial charge in [-0.2, -0.15) is 0 Å². The van der Waals surface area contributed by atoms with Gasteiger partial charge >= 0.3 is 0 Å². The second-order valence-corrected chi connectivity index (χ2v) is 4.06. The third-order valence-corrected chi connectivity index (χ3v) is 2.60. The van der Waals surface area contributed by atoms with Gasteiger partial charge in [-0.3, -0.25) is 0 Å². The molecule has 0 bridgehead atoms. The molecule has 0 amide bonds. The van der Waals surface area contributed by atoms with Gasteiger partial charge < -0.3 is 15.2 Å². The summed E-state index contributed by atoms with van der Waals surface area (Å²) in [5.74, 6) is 0.490. The smallest absolute Gasteiger partial charge is 0.123 e. The van der Waals surface area contributed by atoms with Crippen molar-refractivity contribution in [3.63, 3.8) is 0 Å². The van der Waals surface area contributed by atoms with Gasteiger partial charge in [-0.05, 0) is 30.3 Å². The van der Waals surface area contributed by atoms with Crippen LogP contribution < -0.4 is 10.5 Å². The molecule has 4 heteroatoms. The Bertz CT molecular complexity index is 517. The summed E-state index contributed by atoms with van der Waals surface area (Å²) < 4.78 is 23.9. The van der Waals surface area contributed by atoms with Crippen molar-refractivity contribution in [2.45, 2.75) is 6.61 Å². The molecule has 2 aromatic carbocycles. The van der Waals surface area contributed by atoms with Crippen molar-refractivity contribution < 1.29 is 13.9 Å². The lowest BCUT2D eigenvalue weighted by Crippen LogP contribution is -2.07. The number of benzene rings is 2. The Morgan fingerprint density at radius 3 is 2.58 bits per heavy atom. The van der Waals surface area contributed by atoms with Gasteiger partial charge in [0.15, 0.2) is 0 Å². The predicted octanol–water partition coefficient (Wildman–Crippen LogP) is 3.00. The van der Waals surface area contributed by atoms with Crippen molar-refractivity contribution >= 4 is 5.69 Å². The standard InChI is InChI=1S/C15H16FNO2/c16-13-6-7-15(17)12(10-13)11-18-8-9-19-14-4-2-1-3-5-14/h1-7,10H,8-9,11,17H2. The fraction of sp³-hybridized carbons (Fsp3) is 0.200.